The molecule has 0 atom stereocenters. The van der Waals surface area contributed by atoms with Crippen LogP contribution in [-0.4, -0.2) is 16.3 Å². The number of rotatable bonds is 3. The lowest BCUT2D eigenvalue weighted by atomic mass is 10.2. The highest BCUT2D eigenvalue weighted by Gasteiger charge is 2.10. The van der Waals surface area contributed by atoms with E-state index in [9.17, 15) is 4.79 Å². The molecule has 3 rings (SSSR count). The molecule has 96 valence electrons. The van der Waals surface area contributed by atoms with Gasteiger partial charge in [-0.2, -0.15) is 0 Å². The largest absolute Gasteiger partial charge is 0.447 e. The standard InChI is InChI=1S/C13H9ClN2O2S/c1-7-4-8(14)5-10-12(7)16-13(15-10)19-11-3-2-9(6-17)18-11/h2-6H,1H3,(H,15,16). The van der Waals surface area contributed by atoms with Crippen molar-refractivity contribution in [2.24, 2.45) is 0 Å². The maximum Gasteiger partial charge on any atom is 0.185 e. The summed E-state index contributed by atoms with van der Waals surface area (Å²) < 4.78 is 5.30. The molecular weight excluding hydrogens is 284 g/mol. The van der Waals surface area contributed by atoms with E-state index in [0.29, 0.717) is 27.3 Å². The number of fused-ring (bicyclic) bond motifs is 1. The van der Waals surface area contributed by atoms with E-state index in [2.05, 4.69) is 9.97 Å². The van der Waals surface area contributed by atoms with Crippen LogP contribution in [0.25, 0.3) is 11.0 Å². The van der Waals surface area contributed by atoms with Gasteiger partial charge in [0.1, 0.15) is 0 Å². The van der Waals surface area contributed by atoms with E-state index < -0.39 is 0 Å². The van der Waals surface area contributed by atoms with Gasteiger partial charge in [0.15, 0.2) is 22.3 Å². The van der Waals surface area contributed by atoms with Crippen molar-refractivity contribution in [1.29, 1.82) is 0 Å². The second-order valence-electron chi connectivity index (χ2n) is 4.04. The SMILES string of the molecule is Cc1cc(Cl)cc2[nH]c(Sc3ccc(C=O)o3)nc12. The lowest BCUT2D eigenvalue weighted by Crippen LogP contribution is -1.76. The van der Waals surface area contributed by atoms with E-state index >= 15 is 0 Å². The van der Waals surface area contributed by atoms with Crippen molar-refractivity contribution in [2.45, 2.75) is 17.2 Å². The quantitative estimate of drug-likeness (QED) is 0.739. The highest BCUT2D eigenvalue weighted by Crippen LogP contribution is 2.30. The molecule has 0 fully saturated rings. The fraction of sp³-hybridized carbons (Fsp3) is 0.0769. The van der Waals surface area contributed by atoms with Crippen LogP contribution in [-0.2, 0) is 0 Å². The predicted molar refractivity (Wildman–Crippen MR) is 74.1 cm³/mol. The van der Waals surface area contributed by atoms with Gasteiger partial charge < -0.3 is 9.40 Å². The minimum absolute atomic E-state index is 0.304. The van der Waals surface area contributed by atoms with Crippen LogP contribution in [0.4, 0.5) is 0 Å². The van der Waals surface area contributed by atoms with E-state index in [4.69, 9.17) is 16.0 Å². The van der Waals surface area contributed by atoms with Gasteiger partial charge in [-0.05, 0) is 48.5 Å². The lowest BCUT2D eigenvalue weighted by molar-refractivity contribution is 0.109. The van der Waals surface area contributed by atoms with Gasteiger partial charge in [-0.1, -0.05) is 11.6 Å². The summed E-state index contributed by atoms with van der Waals surface area (Å²) in [4.78, 5) is 18.2. The summed E-state index contributed by atoms with van der Waals surface area (Å²) in [6, 6.07) is 7.07. The van der Waals surface area contributed by atoms with Gasteiger partial charge in [0.05, 0.1) is 11.0 Å². The summed E-state index contributed by atoms with van der Waals surface area (Å²) in [6.45, 7) is 1.96. The number of aromatic nitrogens is 2. The van der Waals surface area contributed by atoms with Crippen LogP contribution < -0.4 is 0 Å². The lowest BCUT2D eigenvalue weighted by Gasteiger charge is -1.94. The smallest absolute Gasteiger partial charge is 0.185 e. The van der Waals surface area contributed by atoms with E-state index in [1.807, 2.05) is 19.1 Å². The average molecular weight is 293 g/mol. The highest BCUT2D eigenvalue weighted by atomic mass is 35.5. The van der Waals surface area contributed by atoms with Crippen LogP contribution in [0, 0.1) is 6.92 Å². The number of hydrogen-bond acceptors (Lipinski definition) is 4. The number of halogens is 1. The van der Waals surface area contributed by atoms with Gasteiger partial charge in [-0.25, -0.2) is 4.98 Å². The van der Waals surface area contributed by atoms with Crippen LogP contribution >= 0.6 is 23.4 Å². The molecule has 1 aromatic carbocycles. The van der Waals surface area contributed by atoms with Gasteiger partial charge in [0, 0.05) is 5.02 Å². The van der Waals surface area contributed by atoms with Crippen molar-refractivity contribution in [3.05, 3.63) is 40.6 Å². The van der Waals surface area contributed by atoms with Crippen LogP contribution in [0.2, 0.25) is 5.02 Å². The highest BCUT2D eigenvalue weighted by molar-refractivity contribution is 7.99. The minimum atomic E-state index is 0.304. The number of nitrogens with zero attached hydrogens (tertiary/aromatic N) is 1. The molecule has 0 saturated heterocycles. The first-order chi connectivity index (χ1) is 9.15. The minimum Gasteiger partial charge on any atom is -0.447 e. The van der Waals surface area contributed by atoms with Gasteiger partial charge in [-0.3, -0.25) is 4.79 Å². The molecule has 0 saturated carbocycles. The molecule has 3 aromatic rings. The molecule has 19 heavy (non-hydrogen) atoms. The van der Waals surface area contributed by atoms with E-state index in [1.165, 1.54) is 11.8 Å². The Kier molecular flexibility index (Phi) is 3.08. The Morgan fingerprint density at radius 1 is 1.42 bits per heavy atom. The fourth-order valence-corrected chi connectivity index (χ4v) is 2.86. The predicted octanol–water partition coefficient (Wildman–Crippen LogP) is 4.08. The number of hydrogen-bond donors (Lipinski definition) is 1. The molecule has 0 aliphatic heterocycles. The van der Waals surface area contributed by atoms with Gasteiger partial charge in [0.25, 0.3) is 0 Å². The fourth-order valence-electron chi connectivity index (χ4n) is 1.82. The Bertz CT molecular complexity index is 763. The average Bonchev–Trinajstić information content (AvgIpc) is 2.96. The monoisotopic (exact) mass is 292 g/mol. The first-order valence-corrected chi connectivity index (χ1v) is 6.74. The summed E-state index contributed by atoms with van der Waals surface area (Å²) in [5.74, 6) is 0.304. The Morgan fingerprint density at radius 3 is 3.00 bits per heavy atom. The van der Waals surface area contributed by atoms with Crippen molar-refractivity contribution in [2.75, 3.05) is 0 Å². The van der Waals surface area contributed by atoms with Crippen molar-refractivity contribution in [3.63, 3.8) is 0 Å². The number of carbonyl (C=O) groups is 1. The molecule has 6 heteroatoms. The number of imidazole rings is 1. The molecule has 0 amide bonds. The summed E-state index contributed by atoms with van der Waals surface area (Å²) >= 11 is 7.33. The van der Waals surface area contributed by atoms with Gasteiger partial charge >= 0.3 is 0 Å². The Balaban J connectivity index is 1.97. The summed E-state index contributed by atoms with van der Waals surface area (Å²) in [5.41, 5.74) is 2.78. The number of furan rings is 1. The number of H-pyrrole nitrogens is 1. The summed E-state index contributed by atoms with van der Waals surface area (Å²) in [7, 11) is 0. The van der Waals surface area contributed by atoms with Crippen molar-refractivity contribution < 1.29 is 9.21 Å². The third-order valence-electron chi connectivity index (χ3n) is 2.64. The molecule has 0 unspecified atom stereocenters. The Labute approximate surface area is 118 Å². The van der Waals surface area contributed by atoms with Crippen LogP contribution in [0.1, 0.15) is 16.1 Å². The first-order valence-electron chi connectivity index (χ1n) is 5.54. The number of nitrogens with one attached hydrogen (secondary N) is 1. The van der Waals surface area contributed by atoms with Gasteiger partial charge in [0.2, 0.25) is 0 Å². The number of benzene rings is 1. The zero-order valence-electron chi connectivity index (χ0n) is 9.94. The molecule has 0 aliphatic rings. The molecular formula is C13H9ClN2O2S. The zero-order chi connectivity index (χ0) is 13.4. The second kappa shape index (κ2) is 4.75. The molecule has 0 radical (unpaired) electrons. The first kappa shape index (κ1) is 12.3. The van der Waals surface area contributed by atoms with E-state index in [1.54, 1.807) is 12.1 Å². The van der Waals surface area contributed by atoms with Gasteiger partial charge in [-0.15, -0.1) is 0 Å². The van der Waals surface area contributed by atoms with Crippen LogP contribution in [0.15, 0.2) is 38.9 Å². The van der Waals surface area contributed by atoms with E-state index in [0.717, 1.165) is 16.6 Å². The molecule has 2 aromatic heterocycles. The third kappa shape index (κ3) is 2.39. The van der Waals surface area contributed by atoms with Crippen LogP contribution in [0.3, 0.4) is 0 Å². The molecule has 1 N–H and O–H groups in total. The van der Waals surface area contributed by atoms with Crippen LogP contribution in [0.5, 0.6) is 0 Å². The number of carbonyl (C=O) groups excluding carboxylic acids is 1. The number of aldehydes is 1. The third-order valence-corrected chi connectivity index (χ3v) is 3.66. The maximum absolute atomic E-state index is 10.6. The normalized spacial score (nSPS) is 11.1. The summed E-state index contributed by atoms with van der Waals surface area (Å²) in [6.07, 6.45) is 0.673. The molecule has 4 nitrogen and oxygen atoms in total. The Hall–Kier alpha value is -1.72. The molecule has 0 spiro atoms. The molecule has 0 bridgehead atoms. The van der Waals surface area contributed by atoms with Crippen molar-refractivity contribution in [3.8, 4) is 0 Å². The van der Waals surface area contributed by atoms with Crippen molar-refractivity contribution >= 4 is 40.7 Å². The zero-order valence-corrected chi connectivity index (χ0v) is 11.5. The second-order valence-corrected chi connectivity index (χ2v) is 5.47. The number of aromatic amines is 1. The molecule has 2 heterocycles. The number of aryl methyl sites for hydroxylation is 1. The Morgan fingerprint density at radius 2 is 2.26 bits per heavy atom. The van der Waals surface area contributed by atoms with Crippen molar-refractivity contribution in [1.82, 2.24) is 9.97 Å². The molecule has 0 aliphatic carbocycles. The van der Waals surface area contributed by atoms with E-state index in [-0.39, 0.29) is 0 Å². The maximum atomic E-state index is 10.6. The topological polar surface area (TPSA) is 58.9 Å². The summed E-state index contributed by atoms with van der Waals surface area (Å²) in [5, 5.41) is 1.99.